The van der Waals surface area contributed by atoms with Crippen LogP contribution in [0.15, 0.2) is 24.4 Å². The van der Waals surface area contributed by atoms with Gasteiger partial charge in [0.25, 0.3) is 0 Å². The number of nitrogens with one attached hydrogen (secondary N) is 1. The van der Waals surface area contributed by atoms with E-state index in [4.69, 9.17) is 0 Å². The highest BCUT2D eigenvalue weighted by atomic mass is 32.2. The van der Waals surface area contributed by atoms with Crippen LogP contribution in [0.1, 0.15) is 12.1 Å². The van der Waals surface area contributed by atoms with Crippen molar-refractivity contribution in [2.24, 2.45) is 0 Å². The number of pyridine rings is 1. The number of carbonyl (C=O) groups excluding carboxylic acids is 1. The van der Waals surface area contributed by atoms with Gasteiger partial charge in [0, 0.05) is 32.3 Å². The minimum atomic E-state index is -3.39. The predicted molar refractivity (Wildman–Crippen MR) is 85.7 cm³/mol. The van der Waals surface area contributed by atoms with Crippen molar-refractivity contribution in [2.45, 2.75) is 13.0 Å². The lowest BCUT2D eigenvalue weighted by Gasteiger charge is -2.19. The molecule has 0 saturated carbocycles. The SMILES string of the molecule is CN(C)CCNC(=O)CCN(Cc1ccccn1)S(C)(=O)=O. The third-order valence-corrected chi connectivity index (χ3v) is 4.25. The fourth-order valence-corrected chi connectivity index (χ4v) is 2.56. The van der Waals surface area contributed by atoms with E-state index in [0.717, 1.165) is 12.8 Å². The summed E-state index contributed by atoms with van der Waals surface area (Å²) in [5.74, 6) is -0.156. The second-order valence-corrected chi connectivity index (χ2v) is 7.30. The molecule has 0 saturated heterocycles. The molecule has 1 heterocycles. The molecule has 7 nitrogen and oxygen atoms in total. The number of nitrogens with zero attached hydrogens (tertiary/aromatic N) is 3. The van der Waals surface area contributed by atoms with Crippen LogP contribution in [-0.4, -0.2) is 68.5 Å². The molecule has 124 valence electrons. The normalized spacial score (nSPS) is 11.9. The van der Waals surface area contributed by atoms with Crippen molar-refractivity contribution in [3.63, 3.8) is 0 Å². The molecular formula is C14H24N4O3S. The van der Waals surface area contributed by atoms with Crippen molar-refractivity contribution >= 4 is 15.9 Å². The molecule has 0 radical (unpaired) electrons. The summed E-state index contributed by atoms with van der Waals surface area (Å²) in [6.45, 7) is 1.61. The summed E-state index contributed by atoms with van der Waals surface area (Å²) in [5.41, 5.74) is 0.654. The van der Waals surface area contributed by atoms with E-state index < -0.39 is 10.0 Å². The van der Waals surface area contributed by atoms with E-state index in [2.05, 4.69) is 10.3 Å². The number of likely N-dealkylation sites (N-methyl/N-ethyl adjacent to an activating group) is 1. The van der Waals surface area contributed by atoms with Crippen molar-refractivity contribution in [3.8, 4) is 0 Å². The lowest BCUT2D eigenvalue weighted by Crippen LogP contribution is -2.36. The van der Waals surface area contributed by atoms with Crippen LogP contribution in [0.3, 0.4) is 0 Å². The second kappa shape index (κ2) is 8.82. The molecule has 1 aromatic rings. The highest BCUT2D eigenvalue weighted by molar-refractivity contribution is 7.88. The molecule has 0 unspecified atom stereocenters. The molecule has 8 heteroatoms. The van der Waals surface area contributed by atoms with E-state index in [1.807, 2.05) is 19.0 Å². The third-order valence-electron chi connectivity index (χ3n) is 3.00. The van der Waals surface area contributed by atoms with Crippen LogP contribution < -0.4 is 5.32 Å². The molecule has 0 aliphatic carbocycles. The first-order valence-electron chi connectivity index (χ1n) is 7.05. The maximum absolute atomic E-state index is 11.8. The quantitative estimate of drug-likeness (QED) is 0.685. The number of rotatable bonds is 9. The smallest absolute Gasteiger partial charge is 0.221 e. The van der Waals surface area contributed by atoms with Gasteiger partial charge in [-0.1, -0.05) is 6.07 Å². The summed E-state index contributed by atoms with van der Waals surface area (Å²) in [6.07, 6.45) is 2.89. The standard InChI is InChI=1S/C14H24N4O3S/c1-17(2)11-9-16-14(19)7-10-18(22(3,20)21)12-13-6-4-5-8-15-13/h4-6,8H,7,9-12H2,1-3H3,(H,16,19). The van der Waals surface area contributed by atoms with Gasteiger partial charge in [-0.15, -0.1) is 0 Å². The van der Waals surface area contributed by atoms with Gasteiger partial charge in [-0.25, -0.2) is 8.42 Å². The van der Waals surface area contributed by atoms with Gasteiger partial charge in [-0.3, -0.25) is 9.78 Å². The van der Waals surface area contributed by atoms with Gasteiger partial charge in [0.15, 0.2) is 0 Å². The highest BCUT2D eigenvalue weighted by Gasteiger charge is 2.18. The number of amides is 1. The fraction of sp³-hybridized carbons (Fsp3) is 0.571. The van der Waals surface area contributed by atoms with E-state index in [1.165, 1.54) is 4.31 Å². The molecule has 0 atom stereocenters. The molecule has 0 aliphatic rings. The zero-order chi connectivity index (χ0) is 16.6. The van der Waals surface area contributed by atoms with Gasteiger partial charge in [0.2, 0.25) is 15.9 Å². The fourth-order valence-electron chi connectivity index (χ4n) is 1.77. The molecule has 0 bridgehead atoms. The average molecular weight is 328 g/mol. The summed E-state index contributed by atoms with van der Waals surface area (Å²) >= 11 is 0. The first-order chi connectivity index (χ1) is 10.3. The number of hydrogen-bond donors (Lipinski definition) is 1. The number of aromatic nitrogens is 1. The van der Waals surface area contributed by atoms with Crippen LogP contribution >= 0.6 is 0 Å². The van der Waals surface area contributed by atoms with Crippen molar-refractivity contribution in [3.05, 3.63) is 30.1 Å². The largest absolute Gasteiger partial charge is 0.355 e. The Balaban J connectivity index is 2.51. The topological polar surface area (TPSA) is 82.6 Å². The molecule has 1 aromatic heterocycles. The molecule has 0 aromatic carbocycles. The van der Waals surface area contributed by atoms with Crippen LogP contribution in [0.5, 0.6) is 0 Å². The Hall–Kier alpha value is -1.51. The molecule has 1 rings (SSSR count). The molecule has 0 aliphatic heterocycles. The van der Waals surface area contributed by atoms with Crippen molar-refractivity contribution in [1.82, 2.24) is 19.5 Å². The Labute approximate surface area is 132 Å². The third kappa shape index (κ3) is 7.48. The summed E-state index contributed by atoms with van der Waals surface area (Å²) in [6, 6.07) is 5.33. The molecular weight excluding hydrogens is 304 g/mol. The van der Waals surface area contributed by atoms with Crippen molar-refractivity contribution in [1.29, 1.82) is 0 Å². The van der Waals surface area contributed by atoms with Gasteiger partial charge in [-0.2, -0.15) is 4.31 Å². The number of hydrogen-bond acceptors (Lipinski definition) is 5. The summed E-state index contributed by atoms with van der Waals surface area (Å²) in [4.78, 5) is 17.8. The van der Waals surface area contributed by atoms with Crippen LogP contribution in [0.4, 0.5) is 0 Å². The van der Waals surface area contributed by atoms with Crippen molar-refractivity contribution < 1.29 is 13.2 Å². The van der Waals surface area contributed by atoms with Crippen LogP contribution in [-0.2, 0) is 21.4 Å². The van der Waals surface area contributed by atoms with Crippen LogP contribution in [0.25, 0.3) is 0 Å². The van der Waals surface area contributed by atoms with E-state index in [0.29, 0.717) is 12.2 Å². The predicted octanol–water partition coefficient (Wildman–Crippen LogP) is -0.0889. The van der Waals surface area contributed by atoms with Gasteiger partial charge >= 0.3 is 0 Å². The molecule has 1 amide bonds. The molecule has 0 fully saturated rings. The van der Waals surface area contributed by atoms with Gasteiger partial charge in [0.1, 0.15) is 0 Å². The monoisotopic (exact) mass is 328 g/mol. The highest BCUT2D eigenvalue weighted by Crippen LogP contribution is 2.06. The Morgan fingerprint density at radius 2 is 2.00 bits per heavy atom. The first-order valence-corrected chi connectivity index (χ1v) is 8.90. The maximum Gasteiger partial charge on any atom is 0.221 e. The maximum atomic E-state index is 11.8. The lowest BCUT2D eigenvalue weighted by atomic mass is 10.3. The van der Waals surface area contributed by atoms with E-state index >= 15 is 0 Å². The van der Waals surface area contributed by atoms with Crippen LogP contribution in [0.2, 0.25) is 0 Å². The Morgan fingerprint density at radius 1 is 1.27 bits per heavy atom. The molecule has 0 spiro atoms. The zero-order valence-electron chi connectivity index (χ0n) is 13.3. The van der Waals surface area contributed by atoms with E-state index in [-0.39, 0.29) is 25.4 Å². The van der Waals surface area contributed by atoms with Gasteiger partial charge in [0.05, 0.1) is 18.5 Å². The Kier molecular flexibility index (Phi) is 7.43. The molecule has 22 heavy (non-hydrogen) atoms. The first kappa shape index (κ1) is 18.5. The summed E-state index contributed by atoms with van der Waals surface area (Å²) in [7, 11) is 0.454. The Bertz CT molecular complexity index is 561. The van der Waals surface area contributed by atoms with Gasteiger partial charge < -0.3 is 10.2 Å². The molecule has 1 N–H and O–H groups in total. The van der Waals surface area contributed by atoms with E-state index in [1.54, 1.807) is 24.4 Å². The second-order valence-electron chi connectivity index (χ2n) is 5.32. The van der Waals surface area contributed by atoms with Crippen LogP contribution in [0, 0.1) is 0 Å². The summed E-state index contributed by atoms with van der Waals surface area (Å²) < 4.78 is 24.9. The summed E-state index contributed by atoms with van der Waals surface area (Å²) in [5, 5.41) is 2.77. The minimum Gasteiger partial charge on any atom is -0.355 e. The van der Waals surface area contributed by atoms with E-state index in [9.17, 15) is 13.2 Å². The van der Waals surface area contributed by atoms with Gasteiger partial charge in [-0.05, 0) is 26.2 Å². The number of carbonyl (C=O) groups is 1. The lowest BCUT2D eigenvalue weighted by molar-refractivity contribution is -0.121. The Morgan fingerprint density at radius 3 is 2.55 bits per heavy atom. The zero-order valence-corrected chi connectivity index (χ0v) is 14.1. The minimum absolute atomic E-state index is 0.132. The average Bonchev–Trinajstić information content (AvgIpc) is 2.43. The number of sulfonamides is 1. The van der Waals surface area contributed by atoms with Crippen molar-refractivity contribution in [2.75, 3.05) is 40.0 Å².